The lowest BCUT2D eigenvalue weighted by atomic mass is 9.94. The van der Waals surface area contributed by atoms with Gasteiger partial charge in [-0.2, -0.15) is 4.98 Å². The average Bonchev–Trinajstić information content (AvgIpc) is 2.52. The summed E-state index contributed by atoms with van der Waals surface area (Å²) in [4.78, 5) is 4.29. The summed E-state index contributed by atoms with van der Waals surface area (Å²) in [5, 5.41) is 3.89. The van der Waals surface area contributed by atoms with Gasteiger partial charge < -0.3 is 10.3 Å². The summed E-state index contributed by atoms with van der Waals surface area (Å²) in [5.74, 6) is 1.67. The van der Waals surface area contributed by atoms with Crippen LogP contribution in [0.15, 0.2) is 4.52 Å². The molecule has 0 amide bonds. The van der Waals surface area contributed by atoms with Crippen LogP contribution in [0.1, 0.15) is 45.3 Å². The summed E-state index contributed by atoms with van der Waals surface area (Å²) in [5.41, 5.74) is 5.37. The molecule has 0 saturated carbocycles. The van der Waals surface area contributed by atoms with E-state index in [0.717, 1.165) is 5.82 Å². The first-order chi connectivity index (χ1) is 5.97. The number of hydrogen-bond donors (Lipinski definition) is 1. The van der Waals surface area contributed by atoms with Crippen molar-refractivity contribution in [2.24, 2.45) is 5.73 Å². The molecule has 1 aromatic rings. The van der Waals surface area contributed by atoms with Crippen LogP contribution >= 0.6 is 0 Å². The van der Waals surface area contributed by atoms with Crippen molar-refractivity contribution < 1.29 is 4.52 Å². The predicted octanol–water partition coefficient (Wildman–Crippen LogP) is 1.43. The third-order valence-electron chi connectivity index (χ3n) is 2.05. The fraction of sp³-hybridized carbons (Fsp3) is 0.778. The molecule has 1 rings (SSSR count). The van der Waals surface area contributed by atoms with Crippen molar-refractivity contribution in [1.82, 2.24) is 10.1 Å². The van der Waals surface area contributed by atoms with Crippen LogP contribution in [-0.2, 0) is 5.41 Å². The van der Waals surface area contributed by atoms with Crippen molar-refractivity contribution in [3.05, 3.63) is 11.7 Å². The van der Waals surface area contributed by atoms with E-state index in [1.165, 1.54) is 0 Å². The third kappa shape index (κ3) is 2.06. The molecule has 0 spiro atoms. The molecular formula is C9H17N3O. The van der Waals surface area contributed by atoms with Gasteiger partial charge in [0.1, 0.15) is 0 Å². The Morgan fingerprint density at radius 1 is 1.46 bits per heavy atom. The molecule has 4 heteroatoms. The molecule has 0 aromatic carbocycles. The smallest absolute Gasteiger partial charge is 0.233 e. The Kier molecular flexibility index (Phi) is 2.71. The molecule has 0 atom stereocenters. The van der Waals surface area contributed by atoms with E-state index in [0.29, 0.717) is 18.4 Å². The molecule has 0 aliphatic carbocycles. The Bertz CT molecular complexity index is 278. The maximum atomic E-state index is 5.60. The quantitative estimate of drug-likeness (QED) is 0.769. The summed E-state index contributed by atoms with van der Waals surface area (Å²) in [7, 11) is 0. The first-order valence-corrected chi connectivity index (χ1v) is 4.51. The van der Waals surface area contributed by atoms with Crippen molar-refractivity contribution in [3.63, 3.8) is 0 Å². The second kappa shape index (κ2) is 3.46. The molecule has 13 heavy (non-hydrogen) atoms. The molecular weight excluding hydrogens is 166 g/mol. The zero-order chi connectivity index (χ0) is 10.1. The van der Waals surface area contributed by atoms with E-state index in [-0.39, 0.29) is 5.41 Å². The Morgan fingerprint density at radius 3 is 2.46 bits per heavy atom. The van der Waals surface area contributed by atoms with E-state index in [1.54, 1.807) is 0 Å². The van der Waals surface area contributed by atoms with Gasteiger partial charge in [0, 0.05) is 12.5 Å². The minimum atomic E-state index is -0.222. The van der Waals surface area contributed by atoms with Gasteiger partial charge in [-0.25, -0.2) is 0 Å². The maximum Gasteiger partial charge on any atom is 0.233 e. The van der Waals surface area contributed by atoms with Crippen LogP contribution in [0.25, 0.3) is 0 Å². The van der Waals surface area contributed by atoms with Crippen molar-refractivity contribution >= 4 is 0 Å². The molecule has 0 unspecified atom stereocenters. The fourth-order valence-corrected chi connectivity index (χ4v) is 0.832. The van der Waals surface area contributed by atoms with Crippen LogP contribution in [0.3, 0.4) is 0 Å². The largest absolute Gasteiger partial charge is 0.339 e. The number of aromatic nitrogens is 2. The highest BCUT2D eigenvalue weighted by molar-refractivity contribution is 5.03. The molecule has 0 aliphatic rings. The Labute approximate surface area is 78.5 Å². The highest BCUT2D eigenvalue weighted by Crippen LogP contribution is 2.21. The maximum absolute atomic E-state index is 5.60. The predicted molar refractivity (Wildman–Crippen MR) is 50.5 cm³/mol. The number of rotatable bonds is 3. The molecule has 2 N–H and O–H groups in total. The summed E-state index contributed by atoms with van der Waals surface area (Å²) >= 11 is 0. The lowest BCUT2D eigenvalue weighted by Crippen LogP contribution is -2.28. The van der Waals surface area contributed by atoms with Crippen LogP contribution in [0, 0.1) is 0 Å². The Morgan fingerprint density at radius 2 is 2.08 bits per heavy atom. The van der Waals surface area contributed by atoms with Gasteiger partial charge in [0.15, 0.2) is 5.82 Å². The van der Waals surface area contributed by atoms with Gasteiger partial charge in [-0.1, -0.05) is 19.0 Å². The molecule has 0 fully saturated rings. The summed E-state index contributed by atoms with van der Waals surface area (Å²) in [6, 6.07) is 0. The van der Waals surface area contributed by atoms with Crippen LogP contribution < -0.4 is 5.73 Å². The Balaban J connectivity index is 2.91. The normalized spacial score (nSPS) is 12.5. The van der Waals surface area contributed by atoms with Crippen LogP contribution in [0.2, 0.25) is 0 Å². The van der Waals surface area contributed by atoms with Gasteiger partial charge in [0.25, 0.3) is 0 Å². The van der Waals surface area contributed by atoms with Crippen LogP contribution in [0.5, 0.6) is 0 Å². The standard InChI is InChI=1S/C9H17N3O/c1-6(2)7-11-8(13-12-7)9(3,4)5-10/h6H,5,10H2,1-4H3. The van der Waals surface area contributed by atoms with Crippen molar-refractivity contribution in [2.75, 3.05) is 6.54 Å². The molecule has 0 bridgehead atoms. The van der Waals surface area contributed by atoms with E-state index in [9.17, 15) is 0 Å². The van der Waals surface area contributed by atoms with Gasteiger partial charge >= 0.3 is 0 Å². The second-order valence-electron chi connectivity index (χ2n) is 4.20. The van der Waals surface area contributed by atoms with E-state index in [2.05, 4.69) is 10.1 Å². The topological polar surface area (TPSA) is 64.9 Å². The molecule has 0 radical (unpaired) electrons. The monoisotopic (exact) mass is 183 g/mol. The molecule has 4 nitrogen and oxygen atoms in total. The first kappa shape index (κ1) is 10.2. The second-order valence-corrected chi connectivity index (χ2v) is 4.20. The molecule has 1 heterocycles. The summed E-state index contributed by atoms with van der Waals surface area (Å²) < 4.78 is 5.14. The fourth-order valence-electron chi connectivity index (χ4n) is 0.832. The number of nitrogens with zero attached hydrogens (tertiary/aromatic N) is 2. The summed E-state index contributed by atoms with van der Waals surface area (Å²) in [6.45, 7) is 8.55. The lowest BCUT2D eigenvalue weighted by Gasteiger charge is -2.15. The van der Waals surface area contributed by atoms with Gasteiger partial charge in [-0.3, -0.25) is 0 Å². The van der Waals surface area contributed by atoms with Crippen LogP contribution in [0.4, 0.5) is 0 Å². The molecule has 1 aromatic heterocycles. The van der Waals surface area contributed by atoms with Crippen molar-refractivity contribution in [1.29, 1.82) is 0 Å². The average molecular weight is 183 g/mol. The van der Waals surface area contributed by atoms with Gasteiger partial charge in [0.05, 0.1) is 5.41 Å². The van der Waals surface area contributed by atoms with E-state index >= 15 is 0 Å². The Hall–Kier alpha value is -0.900. The zero-order valence-corrected chi connectivity index (χ0v) is 8.66. The van der Waals surface area contributed by atoms with Crippen molar-refractivity contribution in [2.45, 2.75) is 39.0 Å². The lowest BCUT2D eigenvalue weighted by molar-refractivity contribution is 0.308. The van der Waals surface area contributed by atoms with Gasteiger partial charge in [0.2, 0.25) is 5.89 Å². The molecule has 0 saturated heterocycles. The zero-order valence-electron chi connectivity index (χ0n) is 8.66. The van der Waals surface area contributed by atoms with E-state index in [1.807, 2.05) is 27.7 Å². The highest BCUT2D eigenvalue weighted by Gasteiger charge is 2.26. The van der Waals surface area contributed by atoms with Gasteiger partial charge in [-0.05, 0) is 13.8 Å². The SMILES string of the molecule is CC(C)c1noc(C(C)(C)CN)n1. The molecule has 74 valence electrons. The van der Waals surface area contributed by atoms with Gasteiger partial charge in [-0.15, -0.1) is 0 Å². The minimum Gasteiger partial charge on any atom is -0.339 e. The first-order valence-electron chi connectivity index (χ1n) is 4.51. The minimum absolute atomic E-state index is 0.222. The van der Waals surface area contributed by atoms with E-state index in [4.69, 9.17) is 10.3 Å². The highest BCUT2D eigenvalue weighted by atomic mass is 16.5. The number of hydrogen-bond acceptors (Lipinski definition) is 4. The molecule has 0 aliphatic heterocycles. The number of nitrogens with two attached hydrogens (primary N) is 1. The van der Waals surface area contributed by atoms with Crippen molar-refractivity contribution in [3.8, 4) is 0 Å². The van der Waals surface area contributed by atoms with Crippen LogP contribution in [-0.4, -0.2) is 16.7 Å². The van der Waals surface area contributed by atoms with E-state index < -0.39 is 0 Å². The third-order valence-corrected chi connectivity index (χ3v) is 2.05. The summed E-state index contributed by atoms with van der Waals surface area (Å²) in [6.07, 6.45) is 0.